The first-order valence-electron chi connectivity index (χ1n) is 6.97. The summed E-state index contributed by atoms with van der Waals surface area (Å²) in [6, 6.07) is 6.37. The molecule has 0 saturated heterocycles. The summed E-state index contributed by atoms with van der Waals surface area (Å²) in [6.45, 7) is 7.44. The van der Waals surface area contributed by atoms with E-state index in [0.29, 0.717) is 18.5 Å². The van der Waals surface area contributed by atoms with Gasteiger partial charge in [0, 0.05) is 35.0 Å². The number of benzene rings is 1. The highest BCUT2D eigenvalue weighted by Crippen LogP contribution is 2.28. The van der Waals surface area contributed by atoms with Gasteiger partial charge in [-0.1, -0.05) is 29.8 Å². The fraction of sp³-hybridized carbons (Fsp3) is 0.375. The first-order valence-corrected chi connectivity index (χ1v) is 7.76. The van der Waals surface area contributed by atoms with E-state index in [9.17, 15) is 0 Å². The molecule has 0 bridgehead atoms. The number of rotatable bonds is 6. The average Bonchev–Trinajstić information content (AvgIpc) is 2.45. The summed E-state index contributed by atoms with van der Waals surface area (Å²) >= 11 is 3.54. The molecule has 0 aliphatic carbocycles. The third-order valence-corrected chi connectivity index (χ3v) is 3.44. The first-order chi connectivity index (χ1) is 10.1. The van der Waals surface area contributed by atoms with Crippen LogP contribution in [0.25, 0.3) is 0 Å². The SMILES string of the molecule is Cc1cc(Br)cc(CNC(C)C)c1OCc1ncccn1. The maximum Gasteiger partial charge on any atom is 0.166 e. The summed E-state index contributed by atoms with van der Waals surface area (Å²) in [5.41, 5.74) is 2.23. The van der Waals surface area contributed by atoms with Gasteiger partial charge in [-0.15, -0.1) is 0 Å². The normalized spacial score (nSPS) is 10.9. The Hall–Kier alpha value is -1.46. The lowest BCUT2D eigenvalue weighted by molar-refractivity contribution is 0.289. The van der Waals surface area contributed by atoms with Crippen molar-refractivity contribution in [3.8, 4) is 5.75 Å². The standard InChI is InChI=1S/C16H20BrN3O/c1-11(2)20-9-13-8-14(17)7-12(3)16(13)21-10-15-18-5-4-6-19-15/h4-8,11,20H,9-10H2,1-3H3. The van der Waals surface area contributed by atoms with Gasteiger partial charge in [0.1, 0.15) is 12.4 Å². The van der Waals surface area contributed by atoms with E-state index in [2.05, 4.69) is 57.2 Å². The Kier molecular flexibility index (Phi) is 5.70. The van der Waals surface area contributed by atoms with Crippen LogP contribution in [-0.4, -0.2) is 16.0 Å². The third-order valence-electron chi connectivity index (χ3n) is 2.98. The van der Waals surface area contributed by atoms with Crippen molar-refractivity contribution in [3.63, 3.8) is 0 Å². The van der Waals surface area contributed by atoms with Crippen LogP contribution in [-0.2, 0) is 13.2 Å². The number of ether oxygens (including phenoxy) is 1. The molecule has 0 radical (unpaired) electrons. The van der Waals surface area contributed by atoms with Gasteiger partial charge in [-0.3, -0.25) is 0 Å². The van der Waals surface area contributed by atoms with Crippen LogP contribution in [0.2, 0.25) is 0 Å². The summed E-state index contributed by atoms with van der Waals surface area (Å²) in [4.78, 5) is 8.37. The van der Waals surface area contributed by atoms with E-state index in [-0.39, 0.29) is 0 Å². The molecule has 0 fully saturated rings. The second-order valence-corrected chi connectivity index (χ2v) is 6.12. The van der Waals surface area contributed by atoms with Crippen LogP contribution in [0.3, 0.4) is 0 Å². The van der Waals surface area contributed by atoms with E-state index >= 15 is 0 Å². The lowest BCUT2D eigenvalue weighted by Crippen LogP contribution is -2.22. The third kappa shape index (κ3) is 4.79. The molecule has 0 aliphatic rings. The quantitative estimate of drug-likeness (QED) is 0.864. The van der Waals surface area contributed by atoms with Crippen LogP contribution in [0.1, 0.15) is 30.8 Å². The van der Waals surface area contributed by atoms with Gasteiger partial charge in [0.15, 0.2) is 5.82 Å². The minimum atomic E-state index is 0.373. The number of hydrogen-bond donors (Lipinski definition) is 1. The smallest absolute Gasteiger partial charge is 0.166 e. The number of aromatic nitrogens is 2. The highest BCUT2D eigenvalue weighted by molar-refractivity contribution is 9.10. The second kappa shape index (κ2) is 7.52. The van der Waals surface area contributed by atoms with Gasteiger partial charge in [0.2, 0.25) is 0 Å². The zero-order valence-electron chi connectivity index (χ0n) is 12.6. The van der Waals surface area contributed by atoms with E-state index in [4.69, 9.17) is 4.74 Å². The lowest BCUT2D eigenvalue weighted by Gasteiger charge is -2.16. The Morgan fingerprint density at radius 1 is 1.24 bits per heavy atom. The van der Waals surface area contributed by atoms with Crippen molar-refractivity contribution in [2.24, 2.45) is 0 Å². The van der Waals surface area contributed by atoms with Crippen LogP contribution in [0.4, 0.5) is 0 Å². The molecule has 1 aromatic carbocycles. The number of aryl methyl sites for hydroxylation is 1. The van der Waals surface area contributed by atoms with Crippen molar-refractivity contribution in [3.05, 3.63) is 52.0 Å². The van der Waals surface area contributed by atoms with Crippen LogP contribution < -0.4 is 10.1 Å². The molecule has 112 valence electrons. The van der Waals surface area contributed by atoms with Gasteiger partial charge in [0.25, 0.3) is 0 Å². The average molecular weight is 350 g/mol. The zero-order chi connectivity index (χ0) is 15.2. The maximum atomic E-state index is 5.96. The highest BCUT2D eigenvalue weighted by Gasteiger charge is 2.10. The predicted molar refractivity (Wildman–Crippen MR) is 87.2 cm³/mol. The van der Waals surface area contributed by atoms with E-state index in [0.717, 1.165) is 27.9 Å². The largest absolute Gasteiger partial charge is 0.485 e. The van der Waals surface area contributed by atoms with Crippen molar-refractivity contribution in [2.45, 2.75) is 40.0 Å². The van der Waals surface area contributed by atoms with Gasteiger partial charge < -0.3 is 10.1 Å². The van der Waals surface area contributed by atoms with E-state index < -0.39 is 0 Å². The summed E-state index contributed by atoms with van der Waals surface area (Å²) in [7, 11) is 0. The monoisotopic (exact) mass is 349 g/mol. The van der Waals surface area contributed by atoms with Crippen molar-refractivity contribution < 1.29 is 4.74 Å². The van der Waals surface area contributed by atoms with Gasteiger partial charge in [-0.25, -0.2) is 9.97 Å². The molecule has 1 N–H and O–H groups in total. The van der Waals surface area contributed by atoms with E-state index in [1.807, 2.05) is 6.92 Å². The molecule has 21 heavy (non-hydrogen) atoms. The molecule has 5 heteroatoms. The first kappa shape index (κ1) is 15.9. The van der Waals surface area contributed by atoms with Crippen LogP contribution in [0.5, 0.6) is 5.75 Å². The summed E-state index contributed by atoms with van der Waals surface area (Å²) in [5, 5.41) is 3.42. The number of hydrogen-bond acceptors (Lipinski definition) is 4. The molecular formula is C16H20BrN3O. The summed E-state index contributed by atoms with van der Waals surface area (Å²) in [6.07, 6.45) is 3.45. The molecule has 0 amide bonds. The topological polar surface area (TPSA) is 47.0 Å². The zero-order valence-corrected chi connectivity index (χ0v) is 14.1. The molecule has 0 atom stereocenters. The van der Waals surface area contributed by atoms with Crippen LogP contribution >= 0.6 is 15.9 Å². The second-order valence-electron chi connectivity index (χ2n) is 5.20. The molecule has 0 unspecified atom stereocenters. The predicted octanol–water partition coefficient (Wildman–Crippen LogP) is 3.62. The fourth-order valence-corrected chi connectivity index (χ4v) is 2.61. The Labute approximate surface area is 134 Å². The minimum absolute atomic E-state index is 0.373. The van der Waals surface area contributed by atoms with Crippen molar-refractivity contribution in [1.29, 1.82) is 0 Å². The number of halogens is 1. The van der Waals surface area contributed by atoms with E-state index in [1.165, 1.54) is 0 Å². The van der Waals surface area contributed by atoms with E-state index in [1.54, 1.807) is 18.5 Å². The Bertz CT molecular complexity index is 588. The van der Waals surface area contributed by atoms with Gasteiger partial charge in [0.05, 0.1) is 0 Å². The van der Waals surface area contributed by atoms with Gasteiger partial charge in [-0.05, 0) is 30.7 Å². The fourth-order valence-electron chi connectivity index (χ4n) is 1.99. The molecule has 2 aromatic rings. The molecule has 0 aliphatic heterocycles. The Morgan fingerprint density at radius 3 is 2.62 bits per heavy atom. The summed E-state index contributed by atoms with van der Waals surface area (Å²) in [5.74, 6) is 1.58. The van der Waals surface area contributed by atoms with Crippen LogP contribution in [0, 0.1) is 6.92 Å². The molecule has 4 nitrogen and oxygen atoms in total. The highest BCUT2D eigenvalue weighted by atomic mass is 79.9. The Morgan fingerprint density at radius 2 is 1.95 bits per heavy atom. The minimum Gasteiger partial charge on any atom is -0.485 e. The number of nitrogens with zero attached hydrogens (tertiary/aromatic N) is 2. The maximum absolute atomic E-state index is 5.96. The molecule has 0 spiro atoms. The van der Waals surface area contributed by atoms with Crippen molar-refractivity contribution >= 4 is 15.9 Å². The molecule has 1 heterocycles. The van der Waals surface area contributed by atoms with Crippen molar-refractivity contribution in [1.82, 2.24) is 15.3 Å². The van der Waals surface area contributed by atoms with Gasteiger partial charge >= 0.3 is 0 Å². The summed E-state index contributed by atoms with van der Waals surface area (Å²) < 4.78 is 7.01. The molecule has 2 rings (SSSR count). The molecule has 0 saturated carbocycles. The van der Waals surface area contributed by atoms with Crippen LogP contribution in [0.15, 0.2) is 35.1 Å². The van der Waals surface area contributed by atoms with Gasteiger partial charge in [-0.2, -0.15) is 0 Å². The number of nitrogens with one attached hydrogen (secondary N) is 1. The lowest BCUT2D eigenvalue weighted by atomic mass is 10.1. The van der Waals surface area contributed by atoms with Crippen molar-refractivity contribution in [2.75, 3.05) is 0 Å². The Balaban J connectivity index is 2.16. The molecule has 1 aromatic heterocycles. The molecular weight excluding hydrogens is 330 g/mol.